The van der Waals surface area contributed by atoms with Crippen LogP contribution in [0.3, 0.4) is 0 Å². The van der Waals surface area contributed by atoms with Gasteiger partial charge in [-0.05, 0) is 25.8 Å². The zero-order valence-electron chi connectivity index (χ0n) is 12.2. The quantitative estimate of drug-likeness (QED) is 0.898. The molecule has 1 saturated carbocycles. The summed E-state index contributed by atoms with van der Waals surface area (Å²) in [6, 6.07) is 6.83. The van der Waals surface area contributed by atoms with E-state index in [0.717, 1.165) is 12.8 Å². The van der Waals surface area contributed by atoms with Gasteiger partial charge >= 0.3 is 0 Å². The molecule has 1 fully saturated rings. The van der Waals surface area contributed by atoms with E-state index in [1.165, 1.54) is 18.9 Å². The molecule has 1 aliphatic rings. The molecule has 0 aliphatic heterocycles. The maximum absolute atomic E-state index is 13.7. The molecule has 20 heavy (non-hydrogen) atoms. The molecule has 4 heteroatoms. The smallest absolute Gasteiger partial charge is 0.236 e. The zero-order valence-corrected chi connectivity index (χ0v) is 12.2. The van der Waals surface area contributed by atoms with Crippen LogP contribution in [0.4, 0.5) is 4.39 Å². The van der Waals surface area contributed by atoms with E-state index in [4.69, 9.17) is 0 Å². The molecule has 0 spiro atoms. The fourth-order valence-electron chi connectivity index (χ4n) is 2.72. The first kappa shape index (κ1) is 15.0. The van der Waals surface area contributed by atoms with Crippen molar-refractivity contribution in [2.75, 3.05) is 13.6 Å². The molecule has 1 aromatic carbocycles. The van der Waals surface area contributed by atoms with E-state index in [2.05, 4.69) is 5.32 Å². The van der Waals surface area contributed by atoms with Crippen LogP contribution in [0.1, 0.15) is 44.2 Å². The summed E-state index contributed by atoms with van der Waals surface area (Å²) in [5.41, 5.74) is 0.559. The molecule has 0 radical (unpaired) electrons. The number of hydrogen-bond acceptors (Lipinski definition) is 2. The summed E-state index contributed by atoms with van der Waals surface area (Å²) in [5.74, 6) is -0.254. The van der Waals surface area contributed by atoms with E-state index in [1.807, 2.05) is 6.92 Å². The predicted molar refractivity (Wildman–Crippen MR) is 77.8 cm³/mol. The summed E-state index contributed by atoms with van der Waals surface area (Å²) in [6.07, 6.45) is 4.79. The van der Waals surface area contributed by atoms with Gasteiger partial charge in [-0.1, -0.05) is 31.0 Å². The standard InChI is InChI=1S/C16H23FN2O/c1-12(14-9-5-6-10-15(14)17)19(2)16(20)11-18-13-7-3-4-8-13/h5-6,9-10,12-13,18H,3-4,7-8,11H2,1-2H3. The Labute approximate surface area is 120 Å². The lowest BCUT2D eigenvalue weighted by Gasteiger charge is -2.26. The van der Waals surface area contributed by atoms with Gasteiger partial charge in [-0.2, -0.15) is 0 Å². The number of likely N-dealkylation sites (N-methyl/N-ethyl adjacent to an activating group) is 1. The summed E-state index contributed by atoms with van der Waals surface area (Å²) >= 11 is 0. The van der Waals surface area contributed by atoms with Crippen molar-refractivity contribution in [1.29, 1.82) is 0 Å². The molecule has 1 N–H and O–H groups in total. The van der Waals surface area contributed by atoms with Gasteiger partial charge in [0.25, 0.3) is 0 Å². The highest BCUT2D eigenvalue weighted by Gasteiger charge is 2.21. The van der Waals surface area contributed by atoms with Gasteiger partial charge in [0, 0.05) is 18.7 Å². The first-order valence-electron chi connectivity index (χ1n) is 7.33. The van der Waals surface area contributed by atoms with E-state index >= 15 is 0 Å². The van der Waals surface area contributed by atoms with Crippen molar-refractivity contribution in [3.05, 3.63) is 35.6 Å². The molecular formula is C16H23FN2O. The number of hydrogen-bond donors (Lipinski definition) is 1. The largest absolute Gasteiger partial charge is 0.338 e. The summed E-state index contributed by atoms with van der Waals surface area (Å²) in [5, 5.41) is 3.30. The van der Waals surface area contributed by atoms with Gasteiger partial charge in [-0.25, -0.2) is 4.39 Å². The number of carbonyl (C=O) groups excluding carboxylic acids is 1. The van der Waals surface area contributed by atoms with Crippen molar-refractivity contribution in [1.82, 2.24) is 10.2 Å². The number of halogens is 1. The molecule has 0 heterocycles. The molecule has 3 nitrogen and oxygen atoms in total. The first-order valence-corrected chi connectivity index (χ1v) is 7.33. The maximum atomic E-state index is 13.7. The van der Waals surface area contributed by atoms with Crippen LogP contribution in [0.2, 0.25) is 0 Å². The maximum Gasteiger partial charge on any atom is 0.236 e. The molecule has 1 amide bonds. The van der Waals surface area contributed by atoms with Crippen molar-refractivity contribution in [3.63, 3.8) is 0 Å². The van der Waals surface area contributed by atoms with Gasteiger partial charge in [0.2, 0.25) is 5.91 Å². The minimum absolute atomic E-state index is 0.00709. The van der Waals surface area contributed by atoms with Crippen LogP contribution in [0.25, 0.3) is 0 Å². The third-order valence-electron chi connectivity index (χ3n) is 4.23. The predicted octanol–water partition coefficient (Wildman–Crippen LogP) is 2.88. The molecule has 0 aromatic heterocycles. The topological polar surface area (TPSA) is 32.3 Å². The van der Waals surface area contributed by atoms with Crippen molar-refractivity contribution in [2.24, 2.45) is 0 Å². The fraction of sp³-hybridized carbons (Fsp3) is 0.562. The van der Waals surface area contributed by atoms with Crippen LogP contribution in [0.15, 0.2) is 24.3 Å². The average molecular weight is 278 g/mol. The van der Waals surface area contributed by atoms with E-state index in [1.54, 1.807) is 30.1 Å². The average Bonchev–Trinajstić information content (AvgIpc) is 2.97. The second-order valence-electron chi connectivity index (χ2n) is 5.56. The minimum Gasteiger partial charge on any atom is -0.338 e. The number of rotatable bonds is 5. The van der Waals surface area contributed by atoms with Crippen LogP contribution in [0.5, 0.6) is 0 Å². The Bertz CT molecular complexity index is 458. The third-order valence-corrected chi connectivity index (χ3v) is 4.23. The number of benzene rings is 1. The van der Waals surface area contributed by atoms with Gasteiger partial charge in [0.05, 0.1) is 12.6 Å². The van der Waals surface area contributed by atoms with Crippen LogP contribution in [-0.2, 0) is 4.79 Å². The van der Waals surface area contributed by atoms with Crippen molar-refractivity contribution in [2.45, 2.75) is 44.7 Å². The Kier molecular flexibility index (Phi) is 5.12. The molecule has 0 saturated heterocycles. The van der Waals surface area contributed by atoms with Gasteiger partial charge in [0.15, 0.2) is 0 Å². The third kappa shape index (κ3) is 3.57. The lowest BCUT2D eigenvalue weighted by atomic mass is 10.1. The van der Waals surface area contributed by atoms with Gasteiger partial charge in [0.1, 0.15) is 5.82 Å². The summed E-state index contributed by atoms with van der Waals surface area (Å²) < 4.78 is 13.7. The molecule has 110 valence electrons. The molecule has 2 rings (SSSR count). The highest BCUT2D eigenvalue weighted by Crippen LogP contribution is 2.22. The Morgan fingerprint density at radius 1 is 1.40 bits per heavy atom. The SMILES string of the molecule is CC(c1ccccc1F)N(C)C(=O)CNC1CCCC1. The van der Waals surface area contributed by atoms with Crippen LogP contribution in [-0.4, -0.2) is 30.4 Å². The van der Waals surface area contributed by atoms with E-state index < -0.39 is 0 Å². The summed E-state index contributed by atoms with van der Waals surface area (Å²) in [4.78, 5) is 13.8. The van der Waals surface area contributed by atoms with E-state index in [9.17, 15) is 9.18 Å². The Balaban J connectivity index is 1.90. The van der Waals surface area contributed by atoms with Gasteiger partial charge in [-0.3, -0.25) is 4.79 Å². The molecule has 1 aliphatic carbocycles. The Morgan fingerprint density at radius 2 is 2.05 bits per heavy atom. The number of carbonyl (C=O) groups is 1. The van der Waals surface area contributed by atoms with E-state index in [0.29, 0.717) is 18.2 Å². The minimum atomic E-state index is -0.261. The molecule has 1 aromatic rings. The number of amides is 1. The lowest BCUT2D eigenvalue weighted by molar-refractivity contribution is -0.131. The Hall–Kier alpha value is -1.42. The molecular weight excluding hydrogens is 255 g/mol. The second-order valence-corrected chi connectivity index (χ2v) is 5.56. The van der Waals surface area contributed by atoms with Crippen LogP contribution < -0.4 is 5.32 Å². The normalized spacial score (nSPS) is 17.1. The second kappa shape index (κ2) is 6.84. The first-order chi connectivity index (χ1) is 9.59. The fourth-order valence-corrected chi connectivity index (χ4v) is 2.72. The van der Waals surface area contributed by atoms with Crippen LogP contribution >= 0.6 is 0 Å². The van der Waals surface area contributed by atoms with Crippen molar-refractivity contribution >= 4 is 5.91 Å². The molecule has 1 atom stereocenters. The van der Waals surface area contributed by atoms with E-state index in [-0.39, 0.29) is 17.8 Å². The van der Waals surface area contributed by atoms with Gasteiger partial charge < -0.3 is 10.2 Å². The molecule has 1 unspecified atom stereocenters. The summed E-state index contributed by atoms with van der Waals surface area (Å²) in [7, 11) is 1.73. The zero-order chi connectivity index (χ0) is 14.5. The highest BCUT2D eigenvalue weighted by molar-refractivity contribution is 5.78. The Morgan fingerprint density at radius 3 is 2.70 bits per heavy atom. The number of nitrogens with one attached hydrogen (secondary N) is 1. The van der Waals surface area contributed by atoms with Crippen LogP contribution in [0, 0.1) is 5.82 Å². The van der Waals surface area contributed by atoms with Crippen molar-refractivity contribution < 1.29 is 9.18 Å². The highest BCUT2D eigenvalue weighted by atomic mass is 19.1. The summed E-state index contributed by atoms with van der Waals surface area (Å²) in [6.45, 7) is 2.19. The monoisotopic (exact) mass is 278 g/mol. The van der Waals surface area contributed by atoms with Crippen molar-refractivity contribution in [3.8, 4) is 0 Å². The lowest BCUT2D eigenvalue weighted by Crippen LogP contribution is -2.40. The van der Waals surface area contributed by atoms with Gasteiger partial charge in [-0.15, -0.1) is 0 Å². The molecule has 0 bridgehead atoms. The number of nitrogens with zero attached hydrogens (tertiary/aromatic N) is 1.